The summed E-state index contributed by atoms with van der Waals surface area (Å²) in [7, 11) is 0. The van der Waals surface area contributed by atoms with Gasteiger partial charge in [0, 0.05) is 30.5 Å². The number of hydrogen-bond donors (Lipinski definition) is 4. The van der Waals surface area contributed by atoms with Crippen molar-refractivity contribution in [1.82, 2.24) is 25.4 Å². The second kappa shape index (κ2) is 9.44. The summed E-state index contributed by atoms with van der Waals surface area (Å²) < 4.78 is 13.5. The number of urea groups is 1. The van der Waals surface area contributed by atoms with Crippen LogP contribution in [0.1, 0.15) is 35.4 Å². The summed E-state index contributed by atoms with van der Waals surface area (Å²) in [5, 5.41) is 21.0. The summed E-state index contributed by atoms with van der Waals surface area (Å²) in [6, 6.07) is 8.30. The van der Waals surface area contributed by atoms with Gasteiger partial charge in [0.05, 0.1) is 17.2 Å². The first-order valence-electron chi connectivity index (χ1n) is 11.8. The first-order valence-corrected chi connectivity index (χ1v) is 11.8. The molecule has 4 N–H and O–H groups in total. The summed E-state index contributed by atoms with van der Waals surface area (Å²) in [4.78, 5) is 41.7. The molecule has 186 valence electrons. The van der Waals surface area contributed by atoms with Gasteiger partial charge >= 0.3 is 12.0 Å². The van der Waals surface area contributed by atoms with Crippen LogP contribution in [-0.2, 0) is 11.2 Å². The minimum absolute atomic E-state index is 0.0489. The van der Waals surface area contributed by atoms with E-state index in [9.17, 15) is 23.9 Å². The molecule has 9 nitrogen and oxygen atoms in total. The highest BCUT2D eigenvalue weighted by Crippen LogP contribution is 2.28. The Bertz CT molecular complexity index is 1520. The number of nitrogens with zero attached hydrogens (tertiary/aromatic N) is 2. The average molecular weight is 492 g/mol. The number of carboxylic acid groups (broad SMARTS) is 1. The number of pyridine rings is 1. The molecule has 1 atom stereocenters. The van der Waals surface area contributed by atoms with E-state index in [1.165, 1.54) is 12.1 Å². The summed E-state index contributed by atoms with van der Waals surface area (Å²) in [5.74, 6) is -1.57. The van der Waals surface area contributed by atoms with Crippen molar-refractivity contribution in [1.29, 1.82) is 0 Å². The molecule has 5 rings (SSSR count). The molecular weight excluding hydrogens is 465 g/mol. The number of fused-ring (bicyclic) bond motifs is 2. The van der Waals surface area contributed by atoms with E-state index >= 15 is 0 Å². The van der Waals surface area contributed by atoms with Gasteiger partial charge in [-0.15, -0.1) is 0 Å². The Morgan fingerprint density at radius 1 is 1.19 bits per heavy atom. The number of carbonyl (C=O) groups is 2. The fourth-order valence-corrected chi connectivity index (χ4v) is 4.99. The highest BCUT2D eigenvalue weighted by molar-refractivity contribution is 5.84. The third-order valence-corrected chi connectivity index (χ3v) is 6.90. The number of amides is 2. The van der Waals surface area contributed by atoms with Gasteiger partial charge in [-0.2, -0.15) is 5.10 Å². The highest BCUT2D eigenvalue weighted by Gasteiger charge is 2.28. The van der Waals surface area contributed by atoms with E-state index < -0.39 is 23.9 Å². The Morgan fingerprint density at radius 2 is 1.97 bits per heavy atom. The van der Waals surface area contributed by atoms with Gasteiger partial charge in [0.25, 0.3) is 5.56 Å². The number of likely N-dealkylation sites (tertiary alicyclic amines) is 1. The molecule has 1 aliphatic rings. The van der Waals surface area contributed by atoms with Gasteiger partial charge in [0.2, 0.25) is 0 Å². The molecule has 4 aromatic rings. The topological polar surface area (TPSA) is 131 Å². The molecule has 0 radical (unpaired) electrons. The SMILES string of the molecule is Cc1cc(C[C@@H](NC(=O)N2CCC(c3cc4ccc(F)cc4[nH]c3=O)CC2)C(=O)O)cc2cn[nH]c12. The maximum Gasteiger partial charge on any atom is 0.326 e. The Morgan fingerprint density at radius 3 is 2.72 bits per heavy atom. The molecule has 2 aromatic heterocycles. The van der Waals surface area contributed by atoms with E-state index in [0.717, 1.165) is 27.4 Å². The number of H-pyrrole nitrogens is 2. The number of halogens is 1. The molecule has 1 saturated heterocycles. The van der Waals surface area contributed by atoms with Crippen molar-refractivity contribution in [3.63, 3.8) is 0 Å². The minimum Gasteiger partial charge on any atom is -0.480 e. The van der Waals surface area contributed by atoms with Crippen LogP contribution in [0.2, 0.25) is 0 Å². The number of carboxylic acids is 1. The number of benzene rings is 2. The van der Waals surface area contributed by atoms with Gasteiger partial charge in [-0.05, 0) is 72.5 Å². The van der Waals surface area contributed by atoms with Crippen molar-refractivity contribution in [2.24, 2.45) is 0 Å². The molecule has 36 heavy (non-hydrogen) atoms. The summed E-state index contributed by atoms with van der Waals surface area (Å²) in [6.45, 7) is 2.70. The third kappa shape index (κ3) is 4.66. The predicted molar refractivity (Wildman–Crippen MR) is 133 cm³/mol. The largest absolute Gasteiger partial charge is 0.480 e. The van der Waals surface area contributed by atoms with Crippen LogP contribution in [-0.4, -0.2) is 56.3 Å². The lowest BCUT2D eigenvalue weighted by Crippen LogP contribution is -2.50. The molecule has 0 aliphatic carbocycles. The van der Waals surface area contributed by atoms with Crippen LogP contribution >= 0.6 is 0 Å². The number of aryl methyl sites for hydroxylation is 1. The number of carbonyl (C=O) groups excluding carboxylic acids is 1. The molecule has 0 unspecified atom stereocenters. The standard InChI is InChI=1S/C26H26FN5O4/c1-14-8-15(9-18-13-28-31-23(14)18)10-22(25(34)35)30-26(36)32-6-4-16(5-7-32)20-11-17-2-3-19(27)12-21(17)29-24(20)33/h2-3,8-9,11-13,16,22H,4-7,10H2,1H3,(H,28,31)(H,29,33)(H,30,36)(H,34,35)/t22-/m1/s1. The van der Waals surface area contributed by atoms with Crippen molar-refractivity contribution in [2.45, 2.75) is 38.1 Å². The van der Waals surface area contributed by atoms with Crippen molar-refractivity contribution in [3.05, 3.63) is 75.5 Å². The van der Waals surface area contributed by atoms with Gasteiger partial charge < -0.3 is 20.3 Å². The third-order valence-electron chi connectivity index (χ3n) is 6.90. The van der Waals surface area contributed by atoms with Crippen LogP contribution in [0.5, 0.6) is 0 Å². The van der Waals surface area contributed by atoms with Crippen molar-refractivity contribution in [3.8, 4) is 0 Å². The summed E-state index contributed by atoms with van der Waals surface area (Å²) >= 11 is 0. The van der Waals surface area contributed by atoms with E-state index in [4.69, 9.17) is 0 Å². The number of hydrogen-bond acceptors (Lipinski definition) is 4. The molecule has 2 aromatic carbocycles. The lowest BCUT2D eigenvalue weighted by atomic mass is 9.89. The predicted octanol–water partition coefficient (Wildman–Crippen LogP) is 3.44. The first kappa shape index (κ1) is 23.5. The molecule has 0 saturated carbocycles. The van der Waals surface area contributed by atoms with E-state index in [1.54, 1.807) is 23.2 Å². The van der Waals surface area contributed by atoms with Crippen LogP contribution in [0.15, 0.2) is 47.4 Å². The Labute approximate surface area is 205 Å². The fourth-order valence-electron chi connectivity index (χ4n) is 4.99. The van der Waals surface area contributed by atoms with Gasteiger partial charge in [-0.25, -0.2) is 14.0 Å². The number of aromatic nitrogens is 3. The average Bonchev–Trinajstić information content (AvgIpc) is 3.32. The molecule has 10 heteroatoms. The molecule has 0 bridgehead atoms. The maximum absolute atomic E-state index is 13.5. The number of aromatic amines is 2. The monoisotopic (exact) mass is 491 g/mol. The van der Waals surface area contributed by atoms with Crippen molar-refractivity contribution in [2.75, 3.05) is 13.1 Å². The zero-order valence-corrected chi connectivity index (χ0v) is 19.7. The second-order valence-electron chi connectivity index (χ2n) is 9.34. The quantitative estimate of drug-likeness (QED) is 0.340. The molecule has 3 heterocycles. The second-order valence-corrected chi connectivity index (χ2v) is 9.34. The highest BCUT2D eigenvalue weighted by atomic mass is 19.1. The van der Waals surface area contributed by atoms with Crippen LogP contribution in [0.3, 0.4) is 0 Å². The van der Waals surface area contributed by atoms with E-state index in [0.29, 0.717) is 37.0 Å². The zero-order valence-electron chi connectivity index (χ0n) is 19.7. The molecule has 0 spiro atoms. The Balaban J connectivity index is 1.24. The maximum atomic E-state index is 13.5. The van der Waals surface area contributed by atoms with Gasteiger partial charge in [0.1, 0.15) is 11.9 Å². The van der Waals surface area contributed by atoms with Gasteiger partial charge in [-0.3, -0.25) is 9.89 Å². The minimum atomic E-state index is -1.11. The normalized spacial score (nSPS) is 15.3. The zero-order chi connectivity index (χ0) is 25.4. The number of piperidine rings is 1. The summed E-state index contributed by atoms with van der Waals surface area (Å²) in [6.07, 6.45) is 2.96. The molecule has 2 amide bonds. The van der Waals surface area contributed by atoms with Crippen LogP contribution in [0.25, 0.3) is 21.8 Å². The van der Waals surface area contributed by atoms with Crippen LogP contribution in [0, 0.1) is 12.7 Å². The Kier molecular flexibility index (Phi) is 6.17. The van der Waals surface area contributed by atoms with Crippen molar-refractivity contribution < 1.29 is 19.1 Å². The smallest absolute Gasteiger partial charge is 0.326 e. The molecular formula is C26H26FN5O4. The number of nitrogens with one attached hydrogen (secondary N) is 3. The fraction of sp³-hybridized carbons (Fsp3) is 0.308. The first-order chi connectivity index (χ1) is 17.3. The Hall–Kier alpha value is -4.21. The number of rotatable bonds is 5. The van der Waals surface area contributed by atoms with E-state index in [1.807, 2.05) is 19.1 Å². The number of aliphatic carboxylic acids is 1. The van der Waals surface area contributed by atoms with Crippen molar-refractivity contribution >= 4 is 33.8 Å². The molecule has 1 fully saturated rings. The lowest BCUT2D eigenvalue weighted by Gasteiger charge is -2.32. The van der Waals surface area contributed by atoms with E-state index in [-0.39, 0.29) is 17.9 Å². The molecule has 1 aliphatic heterocycles. The lowest BCUT2D eigenvalue weighted by molar-refractivity contribution is -0.139. The van der Waals surface area contributed by atoms with Gasteiger partial charge in [0.15, 0.2) is 0 Å². The van der Waals surface area contributed by atoms with Gasteiger partial charge in [-0.1, -0.05) is 6.07 Å². The summed E-state index contributed by atoms with van der Waals surface area (Å²) in [5.41, 5.74) is 3.45. The van der Waals surface area contributed by atoms with Crippen LogP contribution < -0.4 is 10.9 Å². The van der Waals surface area contributed by atoms with E-state index in [2.05, 4.69) is 20.5 Å². The van der Waals surface area contributed by atoms with Crippen LogP contribution in [0.4, 0.5) is 9.18 Å².